The monoisotopic (exact) mass is 321 g/mol. The third-order valence-corrected chi connectivity index (χ3v) is 4.05. The normalized spacial score (nSPS) is 10.4. The van der Waals surface area contributed by atoms with Gasteiger partial charge in [-0.3, -0.25) is 13.9 Å². The second kappa shape index (κ2) is 6.19. The van der Waals surface area contributed by atoms with Crippen molar-refractivity contribution in [1.82, 2.24) is 14.5 Å². The average Bonchev–Trinajstić information content (AvgIpc) is 2.50. The van der Waals surface area contributed by atoms with Gasteiger partial charge < -0.3 is 10.4 Å². The highest BCUT2D eigenvalue weighted by Gasteiger charge is 2.17. The largest absolute Gasteiger partial charge is 0.494 e. The molecule has 0 aliphatic heterocycles. The molecule has 2 rings (SSSR count). The van der Waals surface area contributed by atoms with E-state index >= 15 is 0 Å². The van der Waals surface area contributed by atoms with Crippen molar-refractivity contribution in [2.24, 2.45) is 14.1 Å². The Morgan fingerprint density at radius 1 is 1.24 bits per heavy atom. The zero-order valence-corrected chi connectivity index (χ0v) is 13.3. The second-order valence-corrected chi connectivity index (χ2v) is 5.35. The van der Waals surface area contributed by atoms with E-state index in [-0.39, 0.29) is 21.2 Å². The number of nitrogens with one attached hydrogen (secondary N) is 1. The van der Waals surface area contributed by atoms with E-state index in [9.17, 15) is 9.90 Å². The quantitative estimate of drug-likeness (QED) is 0.842. The minimum atomic E-state index is -0.416. The Labute approximate surface area is 132 Å². The zero-order chi connectivity index (χ0) is 15.6. The van der Waals surface area contributed by atoms with Crippen LogP contribution in [0.25, 0.3) is 0 Å². The molecule has 0 atom stereocenters. The lowest BCUT2D eigenvalue weighted by molar-refractivity contribution is 0.414. The summed E-state index contributed by atoms with van der Waals surface area (Å²) in [4.78, 5) is 12.4. The smallest absolute Gasteiger partial charge is 0.268 e. The zero-order valence-electron chi connectivity index (χ0n) is 11.7. The second-order valence-electron chi connectivity index (χ2n) is 4.57. The van der Waals surface area contributed by atoms with Crippen LogP contribution in [0.3, 0.4) is 0 Å². The number of benzene rings is 1. The molecule has 0 aliphatic rings. The first kappa shape index (κ1) is 15.4. The van der Waals surface area contributed by atoms with E-state index in [0.29, 0.717) is 6.54 Å². The summed E-state index contributed by atoms with van der Waals surface area (Å²) in [6, 6.07) is 9.65. The number of aromatic nitrogens is 2. The molecule has 0 radical (unpaired) electrons. The van der Waals surface area contributed by atoms with E-state index in [4.69, 9.17) is 24.4 Å². The lowest BCUT2D eigenvalue weighted by atomic mass is 10.2. The van der Waals surface area contributed by atoms with E-state index in [1.165, 1.54) is 9.13 Å². The van der Waals surface area contributed by atoms with Gasteiger partial charge in [0.05, 0.1) is 0 Å². The average molecular weight is 321 g/mol. The Morgan fingerprint density at radius 2 is 1.86 bits per heavy atom. The number of hydrogen-bond donors (Lipinski definition) is 2. The van der Waals surface area contributed by atoms with Gasteiger partial charge in [-0.05, 0) is 17.8 Å². The molecule has 0 fully saturated rings. The molecule has 2 aromatic rings. The maximum atomic E-state index is 12.2. The van der Waals surface area contributed by atoms with Gasteiger partial charge in [0.2, 0.25) is 5.88 Å². The molecule has 1 aromatic carbocycles. The molecule has 21 heavy (non-hydrogen) atoms. The van der Waals surface area contributed by atoms with Crippen LogP contribution < -0.4 is 10.9 Å². The fourth-order valence-electron chi connectivity index (χ4n) is 1.90. The lowest BCUT2D eigenvalue weighted by Crippen LogP contribution is -2.33. The fraction of sp³-hybridized carbons (Fsp3) is 0.214. The third kappa shape index (κ3) is 3.03. The van der Waals surface area contributed by atoms with Crippen molar-refractivity contribution in [3.8, 4) is 5.88 Å². The summed E-state index contributed by atoms with van der Waals surface area (Å²) in [5.41, 5.74) is 0.668. The number of aromatic hydroxyl groups is 1. The molecule has 7 heteroatoms. The Balaban J connectivity index is 2.32. The molecule has 0 saturated heterocycles. The molecule has 0 saturated carbocycles. The van der Waals surface area contributed by atoms with Crippen molar-refractivity contribution in [1.29, 1.82) is 0 Å². The standard InChI is InChI=1S/C14H15N3O2S2/c1-16-12(18)10(13(19)17(2)14(16)21)11(20)15-8-9-6-4-3-5-7-9/h3-7,18H,8H2,1-2H3,(H,15,20). The van der Waals surface area contributed by atoms with Crippen LogP contribution in [-0.2, 0) is 20.6 Å². The highest BCUT2D eigenvalue weighted by molar-refractivity contribution is 7.80. The summed E-state index contributed by atoms with van der Waals surface area (Å²) in [6.45, 7) is 0.474. The first-order valence-electron chi connectivity index (χ1n) is 6.24. The highest BCUT2D eigenvalue weighted by atomic mass is 32.1. The summed E-state index contributed by atoms with van der Waals surface area (Å²) in [6.07, 6.45) is 0. The third-order valence-electron chi connectivity index (χ3n) is 3.16. The summed E-state index contributed by atoms with van der Waals surface area (Å²) in [5.74, 6) is -0.228. The van der Waals surface area contributed by atoms with Gasteiger partial charge in [-0.2, -0.15) is 0 Å². The van der Waals surface area contributed by atoms with Gasteiger partial charge in [0.25, 0.3) is 5.56 Å². The predicted molar refractivity (Wildman–Crippen MR) is 88.1 cm³/mol. The van der Waals surface area contributed by atoms with E-state index in [2.05, 4.69) is 5.32 Å². The van der Waals surface area contributed by atoms with Gasteiger partial charge in [0.1, 0.15) is 10.6 Å². The van der Waals surface area contributed by atoms with E-state index in [1.807, 2.05) is 30.3 Å². The van der Waals surface area contributed by atoms with Gasteiger partial charge in [-0.25, -0.2) is 0 Å². The minimum Gasteiger partial charge on any atom is -0.494 e. The molecule has 0 amide bonds. The molecule has 1 aromatic heterocycles. The maximum absolute atomic E-state index is 12.2. The summed E-state index contributed by atoms with van der Waals surface area (Å²) < 4.78 is 2.86. The Bertz CT molecular complexity index is 794. The summed E-state index contributed by atoms with van der Waals surface area (Å²) >= 11 is 10.3. The number of nitrogens with zero attached hydrogens (tertiary/aromatic N) is 2. The van der Waals surface area contributed by atoms with Crippen LogP contribution in [0.1, 0.15) is 11.1 Å². The van der Waals surface area contributed by atoms with Crippen molar-refractivity contribution in [3.05, 3.63) is 56.6 Å². The maximum Gasteiger partial charge on any atom is 0.268 e. The van der Waals surface area contributed by atoms with Crippen molar-refractivity contribution < 1.29 is 5.11 Å². The molecule has 1 heterocycles. The first-order valence-corrected chi connectivity index (χ1v) is 7.06. The Kier molecular flexibility index (Phi) is 4.54. The van der Waals surface area contributed by atoms with Gasteiger partial charge in [0.15, 0.2) is 4.77 Å². The topological polar surface area (TPSA) is 59.2 Å². The number of rotatable bonds is 3. The van der Waals surface area contributed by atoms with Crippen LogP contribution >= 0.6 is 24.4 Å². The molecular weight excluding hydrogens is 306 g/mol. The molecule has 5 nitrogen and oxygen atoms in total. The molecule has 0 bridgehead atoms. The Hall–Kier alpha value is -1.99. The van der Waals surface area contributed by atoms with Crippen LogP contribution in [0.2, 0.25) is 0 Å². The van der Waals surface area contributed by atoms with Crippen LogP contribution in [-0.4, -0.2) is 19.2 Å². The molecule has 110 valence electrons. The minimum absolute atomic E-state index is 0.0551. The summed E-state index contributed by atoms with van der Waals surface area (Å²) in [7, 11) is 3.13. The predicted octanol–water partition coefficient (Wildman–Crippen LogP) is 1.62. The first-order chi connectivity index (χ1) is 9.93. The van der Waals surface area contributed by atoms with Crippen LogP contribution in [0.5, 0.6) is 5.88 Å². The van der Waals surface area contributed by atoms with E-state index in [1.54, 1.807) is 14.1 Å². The molecule has 0 unspecified atom stereocenters. The van der Waals surface area contributed by atoms with Gasteiger partial charge in [0, 0.05) is 20.6 Å². The molecular formula is C14H15N3O2S2. The van der Waals surface area contributed by atoms with Crippen molar-refractivity contribution in [3.63, 3.8) is 0 Å². The summed E-state index contributed by atoms with van der Waals surface area (Å²) in [5, 5.41) is 13.1. The van der Waals surface area contributed by atoms with Gasteiger partial charge in [-0.1, -0.05) is 42.5 Å². The number of thiocarbonyl (C=S) groups is 1. The SMILES string of the molecule is Cn1c(O)c(C(=S)NCc2ccccc2)c(=O)n(C)c1=S. The van der Waals surface area contributed by atoms with Crippen LogP contribution in [0.15, 0.2) is 35.1 Å². The van der Waals surface area contributed by atoms with Gasteiger partial charge >= 0.3 is 0 Å². The van der Waals surface area contributed by atoms with Crippen molar-refractivity contribution >= 4 is 29.4 Å². The van der Waals surface area contributed by atoms with Crippen LogP contribution in [0.4, 0.5) is 0 Å². The molecule has 2 N–H and O–H groups in total. The van der Waals surface area contributed by atoms with E-state index in [0.717, 1.165) is 5.56 Å². The lowest BCUT2D eigenvalue weighted by Gasteiger charge is -2.13. The van der Waals surface area contributed by atoms with Crippen LogP contribution in [0, 0.1) is 4.77 Å². The number of hydrogen-bond acceptors (Lipinski definition) is 4. The molecule has 0 aliphatic carbocycles. The van der Waals surface area contributed by atoms with Gasteiger partial charge in [-0.15, -0.1) is 0 Å². The fourth-order valence-corrected chi connectivity index (χ4v) is 2.32. The van der Waals surface area contributed by atoms with Crippen molar-refractivity contribution in [2.75, 3.05) is 0 Å². The van der Waals surface area contributed by atoms with E-state index < -0.39 is 5.56 Å². The molecule has 0 spiro atoms. The highest BCUT2D eigenvalue weighted by Crippen LogP contribution is 2.13. The Morgan fingerprint density at radius 3 is 2.48 bits per heavy atom. The van der Waals surface area contributed by atoms with Crippen molar-refractivity contribution in [2.45, 2.75) is 6.54 Å².